The number of hydrogen-bond acceptors (Lipinski definition) is 15. The number of nitrogens with zero attached hydrogens (tertiary/aromatic N) is 5. The first-order valence-corrected chi connectivity index (χ1v) is 17.7. The Hall–Kier alpha value is -4.67. The molecule has 0 spiro atoms. The molecule has 1 aromatic heterocycles. The van der Waals surface area contributed by atoms with Crippen LogP contribution in [0.2, 0.25) is 0 Å². The van der Waals surface area contributed by atoms with Crippen LogP contribution in [0.1, 0.15) is 11.6 Å². The number of rotatable bonds is 11. The van der Waals surface area contributed by atoms with Gasteiger partial charge in [-0.1, -0.05) is 53.4 Å². The zero-order valence-corrected chi connectivity index (χ0v) is 31.3. The van der Waals surface area contributed by atoms with Gasteiger partial charge < -0.3 is 41.0 Å². The molecule has 1 unspecified atom stereocenters. The van der Waals surface area contributed by atoms with Crippen LogP contribution in [0, 0.1) is 0 Å². The molecule has 0 aliphatic carbocycles. The maximum atomic E-state index is 14.0. The second kappa shape index (κ2) is 15.9. The van der Waals surface area contributed by atoms with Crippen LogP contribution >= 0.6 is 34.9 Å². The Morgan fingerprint density at radius 2 is 1.83 bits per heavy atom. The number of aromatic nitrogens is 2. The van der Waals surface area contributed by atoms with Crippen LogP contribution in [0.3, 0.4) is 0 Å². The largest absolute Gasteiger partial charge is 1.00 e. The minimum absolute atomic E-state index is 0. The van der Waals surface area contributed by atoms with Crippen LogP contribution in [-0.4, -0.2) is 108 Å². The number of β-lactam (4-membered cyclic amide) rings is 1. The SMILES string of the molecule is O=CN[C@@]1(NC(=O)C(NC(=O)N2CCN(c3ccc(O)c(O)c3)C(=O)C2=O)c2ccccc2)C(=O)N2C(C(=O)[O-])=C(CSc3nncs3)CS[C@H]21.[Na+]. The van der Waals surface area contributed by atoms with Gasteiger partial charge in [-0.15, -0.1) is 22.0 Å². The number of amides is 7. The van der Waals surface area contributed by atoms with Gasteiger partial charge in [-0.05, 0) is 23.3 Å². The van der Waals surface area contributed by atoms with Crippen LogP contribution in [0.15, 0.2) is 69.7 Å². The fourth-order valence-corrected chi connectivity index (χ4v) is 8.69. The molecule has 2 saturated heterocycles. The molecule has 0 radical (unpaired) electrons. The second-order valence-corrected chi connectivity index (χ2v) is 14.1. The topological polar surface area (TPSA) is 255 Å². The van der Waals surface area contributed by atoms with Crippen molar-refractivity contribution in [1.29, 1.82) is 0 Å². The average Bonchev–Trinajstić information content (AvgIpc) is 3.65. The Balaban J connectivity index is 0.00000523. The summed E-state index contributed by atoms with van der Waals surface area (Å²) < 4.78 is 0.575. The molecule has 3 aromatic rings. The molecule has 7 amide bonds. The molecular weight excluding hydrogens is 752 g/mol. The molecular formula is C30H25N8NaO10S3. The maximum Gasteiger partial charge on any atom is 1.00 e. The Kier molecular flexibility index (Phi) is 11.8. The smallest absolute Gasteiger partial charge is 0.543 e. The van der Waals surface area contributed by atoms with E-state index in [9.17, 15) is 48.9 Å². The molecule has 5 N–H and O–H groups in total. The molecule has 3 aliphatic heterocycles. The molecule has 2 fully saturated rings. The predicted octanol–water partition coefficient (Wildman–Crippen LogP) is -4.15. The first kappa shape index (κ1) is 38.6. The van der Waals surface area contributed by atoms with Gasteiger partial charge in [-0.3, -0.25) is 33.8 Å². The van der Waals surface area contributed by atoms with Crippen molar-refractivity contribution < 1.29 is 78.4 Å². The summed E-state index contributed by atoms with van der Waals surface area (Å²) in [5.41, 5.74) is -0.376. The number of nitrogens with one attached hydrogen (secondary N) is 3. The number of carboxylic acids is 1. The van der Waals surface area contributed by atoms with Crippen molar-refractivity contribution in [3.8, 4) is 11.5 Å². The number of piperazine rings is 1. The summed E-state index contributed by atoms with van der Waals surface area (Å²) in [4.78, 5) is 93.9. The van der Waals surface area contributed by atoms with E-state index in [2.05, 4.69) is 26.1 Å². The Morgan fingerprint density at radius 1 is 1.08 bits per heavy atom. The summed E-state index contributed by atoms with van der Waals surface area (Å²) in [7, 11) is 0. The minimum Gasteiger partial charge on any atom is -0.543 e. The number of phenolic OH excluding ortho intramolecular Hbond substituents is 2. The number of phenols is 2. The van der Waals surface area contributed by atoms with E-state index in [1.807, 2.05) is 0 Å². The third kappa shape index (κ3) is 7.19. The molecule has 18 nitrogen and oxygen atoms in total. The number of hydrogen-bond donors (Lipinski definition) is 5. The summed E-state index contributed by atoms with van der Waals surface area (Å²) in [6.45, 7) is -0.502. The van der Waals surface area contributed by atoms with E-state index in [0.29, 0.717) is 14.8 Å². The molecule has 22 heteroatoms. The number of carbonyl (C=O) groups excluding carboxylic acids is 7. The van der Waals surface area contributed by atoms with Gasteiger partial charge in [0.2, 0.25) is 18.0 Å². The van der Waals surface area contributed by atoms with E-state index in [1.165, 1.54) is 46.8 Å². The van der Waals surface area contributed by atoms with Crippen molar-refractivity contribution >= 4 is 82.6 Å². The number of urea groups is 1. The van der Waals surface area contributed by atoms with E-state index >= 15 is 0 Å². The van der Waals surface area contributed by atoms with Gasteiger partial charge in [0.15, 0.2) is 15.8 Å². The average molecular weight is 777 g/mol. The van der Waals surface area contributed by atoms with Crippen molar-refractivity contribution in [1.82, 2.24) is 35.9 Å². The van der Waals surface area contributed by atoms with Crippen molar-refractivity contribution in [3.63, 3.8) is 0 Å². The van der Waals surface area contributed by atoms with Crippen LogP contribution in [-0.2, 0) is 28.8 Å². The number of carbonyl (C=O) groups is 7. The van der Waals surface area contributed by atoms with Crippen LogP contribution < -0.4 is 55.5 Å². The molecule has 4 heterocycles. The standard InChI is InChI=1S/C30H26N8O10S3.Na/c39-13-31-30(26(47)38-21(25(45)46)16(11-49-27(30)38)12-50-29-35-32-14-51-29)34-22(42)20(15-4-2-1-3-5-15)33-28(48)37-9-8-36(23(43)24(37)44)17-6-7-18(40)19(41)10-17;/h1-7,10,13-14,20,27,40-41H,8-9,11-12H2,(H,31,39)(H,33,48)(H,34,42)(H,45,46);/q;+1/p-1/t20?,27-,30+;/m0./s1. The zero-order valence-electron chi connectivity index (χ0n) is 26.9. The van der Waals surface area contributed by atoms with Crippen LogP contribution in [0.25, 0.3) is 0 Å². The molecule has 52 heavy (non-hydrogen) atoms. The summed E-state index contributed by atoms with van der Waals surface area (Å²) in [5, 5.41) is 45.5. The summed E-state index contributed by atoms with van der Waals surface area (Å²) >= 11 is 3.54. The predicted molar refractivity (Wildman–Crippen MR) is 177 cm³/mol. The van der Waals surface area contributed by atoms with Gasteiger partial charge >= 0.3 is 47.4 Å². The molecule has 3 aliphatic rings. The number of aromatic hydroxyl groups is 2. The van der Waals surface area contributed by atoms with E-state index in [1.54, 1.807) is 18.2 Å². The van der Waals surface area contributed by atoms with Crippen molar-refractivity contribution in [2.75, 3.05) is 29.5 Å². The number of carboxylic acid groups (broad SMARTS) is 1. The Labute approximate surface area is 328 Å². The number of fused-ring (bicyclic) bond motifs is 1. The van der Waals surface area contributed by atoms with Crippen molar-refractivity contribution in [2.24, 2.45) is 0 Å². The van der Waals surface area contributed by atoms with Gasteiger partial charge in [0.05, 0.1) is 11.7 Å². The molecule has 264 valence electrons. The minimum atomic E-state index is -2.13. The number of anilines is 1. The molecule has 3 atom stereocenters. The third-order valence-electron chi connectivity index (χ3n) is 8.06. The van der Waals surface area contributed by atoms with Gasteiger partial charge in [0.25, 0.3) is 5.91 Å². The fourth-order valence-electron chi connectivity index (χ4n) is 5.64. The third-order valence-corrected chi connectivity index (χ3v) is 11.4. The zero-order chi connectivity index (χ0) is 36.4. The van der Waals surface area contributed by atoms with E-state index in [0.717, 1.165) is 33.7 Å². The van der Waals surface area contributed by atoms with E-state index in [-0.39, 0.29) is 71.8 Å². The van der Waals surface area contributed by atoms with Gasteiger partial charge in [-0.2, -0.15) is 0 Å². The second-order valence-electron chi connectivity index (χ2n) is 11.0. The monoisotopic (exact) mass is 776 g/mol. The van der Waals surface area contributed by atoms with E-state index in [4.69, 9.17) is 0 Å². The number of imide groups is 1. The van der Waals surface area contributed by atoms with E-state index < -0.39 is 69.9 Å². The van der Waals surface area contributed by atoms with Gasteiger partial charge in [-0.25, -0.2) is 4.79 Å². The first-order chi connectivity index (χ1) is 24.5. The maximum absolute atomic E-state index is 14.0. The molecule has 2 aromatic carbocycles. The fraction of sp³-hybridized carbons (Fsp3) is 0.233. The van der Waals surface area contributed by atoms with Gasteiger partial charge in [0.1, 0.15) is 16.9 Å². The molecule has 0 saturated carbocycles. The Bertz CT molecular complexity index is 1970. The van der Waals surface area contributed by atoms with Crippen molar-refractivity contribution in [2.45, 2.75) is 21.4 Å². The molecule has 6 rings (SSSR count). The number of benzene rings is 2. The summed E-state index contributed by atoms with van der Waals surface area (Å²) in [6.07, 6.45) is 0.174. The molecule has 0 bridgehead atoms. The normalized spacial score (nSPS) is 20.3. The first-order valence-electron chi connectivity index (χ1n) is 14.8. The number of thioether (sulfide) groups is 2. The van der Waals surface area contributed by atoms with Crippen LogP contribution in [0.4, 0.5) is 10.5 Å². The quantitative estimate of drug-likeness (QED) is 0.0236. The van der Waals surface area contributed by atoms with Crippen molar-refractivity contribution in [3.05, 3.63) is 70.9 Å². The Morgan fingerprint density at radius 3 is 2.48 bits per heavy atom. The number of aliphatic carboxylic acids is 1. The van der Waals surface area contributed by atoms with Crippen LogP contribution in [0.5, 0.6) is 11.5 Å². The summed E-state index contributed by atoms with van der Waals surface area (Å²) in [6, 6.07) is 8.53. The van der Waals surface area contributed by atoms with Gasteiger partial charge in [0, 0.05) is 36.3 Å². The summed E-state index contributed by atoms with van der Waals surface area (Å²) in [5.74, 6) is -6.72.